The van der Waals surface area contributed by atoms with Crippen molar-refractivity contribution in [3.63, 3.8) is 0 Å². The number of nitrogens with zero attached hydrogens (tertiary/aromatic N) is 1. The minimum absolute atomic E-state index is 0.463. The van der Waals surface area contributed by atoms with Crippen LogP contribution in [-0.4, -0.2) is 9.91 Å². The normalized spacial score (nSPS) is 11.4. The molecular formula is C17H12Cl2N2O2. The summed E-state index contributed by atoms with van der Waals surface area (Å²) in [6.45, 7) is 0. The molecule has 23 heavy (non-hydrogen) atoms. The van der Waals surface area contributed by atoms with E-state index in [9.17, 15) is 10.1 Å². The van der Waals surface area contributed by atoms with Gasteiger partial charge in [-0.15, -0.1) is 0 Å². The van der Waals surface area contributed by atoms with Gasteiger partial charge in [0.25, 0.3) is 0 Å². The summed E-state index contributed by atoms with van der Waals surface area (Å²) in [7, 11) is 0. The highest BCUT2D eigenvalue weighted by Crippen LogP contribution is 2.31. The van der Waals surface area contributed by atoms with Crippen molar-refractivity contribution in [1.29, 1.82) is 0 Å². The lowest BCUT2D eigenvalue weighted by Crippen LogP contribution is -1.94. The molecule has 0 amide bonds. The summed E-state index contributed by atoms with van der Waals surface area (Å²) in [6.07, 6.45) is 2.90. The molecule has 4 nitrogen and oxygen atoms in total. The molecule has 3 rings (SSSR count). The highest BCUT2D eigenvalue weighted by Gasteiger charge is 2.14. The predicted octanol–water partition coefficient (Wildman–Crippen LogP) is 5.31. The number of halogens is 2. The molecule has 6 heteroatoms. The summed E-state index contributed by atoms with van der Waals surface area (Å²) in [5.41, 5.74) is 3.31. The fourth-order valence-corrected chi connectivity index (χ4v) is 3.09. The Kier molecular flexibility index (Phi) is 4.37. The van der Waals surface area contributed by atoms with Gasteiger partial charge in [-0.25, -0.2) is 0 Å². The van der Waals surface area contributed by atoms with Crippen LogP contribution in [0.2, 0.25) is 10.0 Å². The maximum absolute atomic E-state index is 10.7. The molecular weight excluding hydrogens is 335 g/mol. The Bertz CT molecular complexity index is 896. The van der Waals surface area contributed by atoms with Crippen LogP contribution in [0.25, 0.3) is 17.0 Å². The van der Waals surface area contributed by atoms with E-state index in [1.165, 1.54) is 6.08 Å². The Morgan fingerprint density at radius 3 is 2.48 bits per heavy atom. The number of para-hydroxylation sites is 1. The summed E-state index contributed by atoms with van der Waals surface area (Å²) >= 11 is 12.5. The number of benzene rings is 2. The van der Waals surface area contributed by atoms with Gasteiger partial charge >= 0.3 is 0 Å². The number of fused-ring (bicyclic) bond motifs is 1. The van der Waals surface area contributed by atoms with Crippen LogP contribution >= 0.6 is 23.2 Å². The third-order valence-electron chi connectivity index (χ3n) is 3.61. The zero-order chi connectivity index (χ0) is 16.4. The van der Waals surface area contributed by atoms with Gasteiger partial charge in [0.15, 0.2) is 0 Å². The predicted molar refractivity (Wildman–Crippen MR) is 93.6 cm³/mol. The number of H-pyrrole nitrogens is 1. The molecule has 0 aliphatic rings. The lowest BCUT2D eigenvalue weighted by molar-refractivity contribution is -0.400. The summed E-state index contributed by atoms with van der Waals surface area (Å²) in [4.78, 5) is 13.5. The molecule has 0 atom stereocenters. The Morgan fingerprint density at radius 2 is 1.78 bits per heavy atom. The van der Waals surface area contributed by atoms with E-state index in [2.05, 4.69) is 4.98 Å². The van der Waals surface area contributed by atoms with E-state index in [4.69, 9.17) is 23.2 Å². The van der Waals surface area contributed by atoms with Crippen molar-refractivity contribution >= 4 is 40.2 Å². The average Bonchev–Trinajstić information content (AvgIpc) is 2.86. The van der Waals surface area contributed by atoms with Crippen LogP contribution in [0, 0.1) is 10.1 Å². The summed E-state index contributed by atoms with van der Waals surface area (Å²) < 4.78 is 0. The van der Waals surface area contributed by atoms with Crippen molar-refractivity contribution in [2.24, 2.45) is 0 Å². The standard InChI is InChI=1S/C17H12Cl2N2O2/c18-14-5-3-6-15(19)13(14)10-17-12(8-9-21(22)23)11-4-1-2-7-16(11)20-17/h1-9,20H,10H2. The smallest absolute Gasteiger partial charge is 0.235 e. The van der Waals surface area contributed by atoms with Crippen molar-refractivity contribution in [2.45, 2.75) is 6.42 Å². The molecule has 0 saturated carbocycles. The molecule has 0 aliphatic heterocycles. The molecule has 0 fully saturated rings. The Morgan fingerprint density at radius 1 is 1.09 bits per heavy atom. The van der Waals surface area contributed by atoms with Crippen LogP contribution < -0.4 is 0 Å². The zero-order valence-corrected chi connectivity index (χ0v) is 13.4. The van der Waals surface area contributed by atoms with Gasteiger partial charge in [-0.2, -0.15) is 0 Å². The summed E-state index contributed by atoms with van der Waals surface area (Å²) in [5.74, 6) is 0. The third-order valence-corrected chi connectivity index (χ3v) is 4.31. The van der Waals surface area contributed by atoms with Crippen LogP contribution in [0.5, 0.6) is 0 Å². The van der Waals surface area contributed by atoms with Crippen LogP contribution in [0.4, 0.5) is 0 Å². The van der Waals surface area contributed by atoms with E-state index in [1.54, 1.807) is 18.2 Å². The molecule has 0 saturated heterocycles. The molecule has 0 unspecified atom stereocenters. The molecule has 0 bridgehead atoms. The minimum Gasteiger partial charge on any atom is -0.358 e. The number of rotatable bonds is 4. The molecule has 0 aliphatic carbocycles. The number of nitro groups is 1. The Hall–Kier alpha value is -2.30. The van der Waals surface area contributed by atoms with Crippen molar-refractivity contribution in [1.82, 2.24) is 4.98 Å². The first-order valence-corrected chi connectivity index (χ1v) is 7.66. The SMILES string of the molecule is O=[N+]([O-])C=Cc1c(Cc2c(Cl)cccc2Cl)[nH]c2ccccc12. The highest BCUT2D eigenvalue weighted by atomic mass is 35.5. The molecule has 1 aromatic heterocycles. The van der Waals surface area contributed by atoms with Crippen molar-refractivity contribution in [3.8, 4) is 0 Å². The van der Waals surface area contributed by atoms with Crippen molar-refractivity contribution in [3.05, 3.63) is 85.6 Å². The van der Waals surface area contributed by atoms with Gasteiger partial charge in [0.05, 0.1) is 4.92 Å². The number of hydrogen-bond acceptors (Lipinski definition) is 2. The second kappa shape index (κ2) is 6.44. The van der Waals surface area contributed by atoms with Gasteiger partial charge in [0.2, 0.25) is 6.20 Å². The van der Waals surface area contributed by atoms with E-state index in [0.29, 0.717) is 16.5 Å². The number of aromatic amines is 1. The van der Waals surface area contributed by atoms with Gasteiger partial charge < -0.3 is 4.98 Å². The van der Waals surface area contributed by atoms with Crippen LogP contribution in [0.3, 0.4) is 0 Å². The van der Waals surface area contributed by atoms with Crippen molar-refractivity contribution < 1.29 is 4.92 Å². The second-order valence-corrected chi connectivity index (χ2v) is 5.86. The molecule has 0 radical (unpaired) electrons. The lowest BCUT2D eigenvalue weighted by Gasteiger charge is -2.06. The molecule has 0 spiro atoms. The van der Waals surface area contributed by atoms with E-state index < -0.39 is 4.92 Å². The van der Waals surface area contributed by atoms with Crippen molar-refractivity contribution in [2.75, 3.05) is 0 Å². The largest absolute Gasteiger partial charge is 0.358 e. The van der Waals surface area contributed by atoms with Gasteiger partial charge in [-0.1, -0.05) is 47.5 Å². The quantitative estimate of drug-likeness (QED) is 0.513. The van der Waals surface area contributed by atoms with Gasteiger partial charge in [-0.3, -0.25) is 10.1 Å². The van der Waals surface area contributed by atoms with Gasteiger partial charge in [-0.05, 0) is 23.8 Å². The topological polar surface area (TPSA) is 58.9 Å². The number of hydrogen-bond donors (Lipinski definition) is 1. The molecule has 1 heterocycles. The maximum atomic E-state index is 10.7. The fourth-order valence-electron chi connectivity index (χ4n) is 2.56. The molecule has 3 aromatic rings. The summed E-state index contributed by atoms with van der Waals surface area (Å²) in [6, 6.07) is 13.0. The number of aromatic nitrogens is 1. The van der Waals surface area contributed by atoms with Crippen LogP contribution in [0.1, 0.15) is 16.8 Å². The first-order chi connectivity index (χ1) is 11.1. The highest BCUT2D eigenvalue weighted by molar-refractivity contribution is 6.36. The number of nitrogens with one attached hydrogen (secondary N) is 1. The lowest BCUT2D eigenvalue weighted by atomic mass is 10.0. The first-order valence-electron chi connectivity index (χ1n) is 6.90. The minimum atomic E-state index is -0.478. The Labute approximate surface area is 142 Å². The zero-order valence-electron chi connectivity index (χ0n) is 11.9. The van der Waals surface area contributed by atoms with Crippen LogP contribution in [0.15, 0.2) is 48.7 Å². The molecule has 116 valence electrons. The monoisotopic (exact) mass is 346 g/mol. The van der Waals surface area contributed by atoms with Gasteiger partial charge in [0.1, 0.15) is 0 Å². The van der Waals surface area contributed by atoms with E-state index in [0.717, 1.165) is 33.9 Å². The second-order valence-electron chi connectivity index (χ2n) is 5.04. The average molecular weight is 347 g/mol. The van der Waals surface area contributed by atoms with Gasteiger partial charge in [0, 0.05) is 44.7 Å². The Balaban J connectivity index is 2.13. The van der Waals surface area contributed by atoms with E-state index in [-0.39, 0.29) is 0 Å². The fraction of sp³-hybridized carbons (Fsp3) is 0.0588. The first kappa shape index (κ1) is 15.6. The van der Waals surface area contributed by atoms with E-state index in [1.807, 2.05) is 24.3 Å². The maximum Gasteiger partial charge on any atom is 0.235 e. The molecule has 2 aromatic carbocycles. The van der Waals surface area contributed by atoms with E-state index >= 15 is 0 Å². The molecule has 1 N–H and O–H groups in total. The van der Waals surface area contributed by atoms with Crippen LogP contribution in [-0.2, 0) is 6.42 Å². The third kappa shape index (κ3) is 3.23. The summed E-state index contributed by atoms with van der Waals surface area (Å²) in [5, 5.41) is 12.7.